The van der Waals surface area contributed by atoms with Gasteiger partial charge in [-0.3, -0.25) is 14.9 Å². The topological polar surface area (TPSA) is 84.6 Å². The van der Waals surface area contributed by atoms with Crippen molar-refractivity contribution in [2.24, 2.45) is 5.10 Å². The SMILES string of the molecule is CC/C(=N/NC(=O)Cc1ccc([N+](=O)[O-])cc1)c1ccccc1. The molecule has 0 aliphatic rings. The third-order valence-electron chi connectivity index (χ3n) is 3.27. The van der Waals surface area contributed by atoms with Crippen LogP contribution < -0.4 is 5.43 Å². The number of nitro groups is 1. The average molecular weight is 311 g/mol. The number of rotatable bonds is 6. The molecule has 118 valence electrons. The summed E-state index contributed by atoms with van der Waals surface area (Å²) >= 11 is 0. The van der Waals surface area contributed by atoms with Crippen LogP contribution in [0.4, 0.5) is 5.69 Å². The Morgan fingerprint density at radius 3 is 2.35 bits per heavy atom. The largest absolute Gasteiger partial charge is 0.273 e. The van der Waals surface area contributed by atoms with Crippen molar-refractivity contribution in [2.45, 2.75) is 19.8 Å². The molecule has 0 fully saturated rings. The highest BCUT2D eigenvalue weighted by molar-refractivity contribution is 6.00. The summed E-state index contributed by atoms with van der Waals surface area (Å²) in [5.74, 6) is -0.263. The third kappa shape index (κ3) is 4.74. The molecule has 0 bridgehead atoms. The molecular formula is C17H17N3O3. The lowest BCUT2D eigenvalue weighted by Gasteiger charge is -2.05. The number of hydrogen-bond donors (Lipinski definition) is 1. The van der Waals surface area contributed by atoms with Gasteiger partial charge in [0.25, 0.3) is 5.69 Å². The van der Waals surface area contributed by atoms with E-state index in [-0.39, 0.29) is 18.0 Å². The van der Waals surface area contributed by atoms with E-state index in [1.54, 1.807) is 12.1 Å². The number of benzene rings is 2. The minimum Gasteiger partial charge on any atom is -0.273 e. The molecule has 1 amide bonds. The van der Waals surface area contributed by atoms with E-state index in [9.17, 15) is 14.9 Å². The van der Waals surface area contributed by atoms with Crippen LogP contribution in [-0.2, 0) is 11.2 Å². The van der Waals surface area contributed by atoms with Gasteiger partial charge in [-0.05, 0) is 17.5 Å². The molecule has 0 atom stereocenters. The molecule has 0 aliphatic heterocycles. The van der Waals surface area contributed by atoms with Gasteiger partial charge in [-0.25, -0.2) is 5.43 Å². The first-order valence-electron chi connectivity index (χ1n) is 7.24. The van der Waals surface area contributed by atoms with Gasteiger partial charge in [0.15, 0.2) is 0 Å². The lowest BCUT2D eigenvalue weighted by atomic mass is 10.1. The maximum Gasteiger partial charge on any atom is 0.269 e. The summed E-state index contributed by atoms with van der Waals surface area (Å²) in [5.41, 5.74) is 4.99. The van der Waals surface area contributed by atoms with Crippen LogP contribution in [0, 0.1) is 10.1 Å². The smallest absolute Gasteiger partial charge is 0.269 e. The van der Waals surface area contributed by atoms with Crippen molar-refractivity contribution < 1.29 is 9.72 Å². The zero-order valence-electron chi connectivity index (χ0n) is 12.7. The summed E-state index contributed by atoms with van der Waals surface area (Å²) in [4.78, 5) is 22.0. The molecule has 0 aliphatic carbocycles. The molecule has 0 spiro atoms. The van der Waals surface area contributed by atoms with Crippen LogP contribution in [0.1, 0.15) is 24.5 Å². The van der Waals surface area contributed by atoms with E-state index < -0.39 is 4.92 Å². The lowest BCUT2D eigenvalue weighted by molar-refractivity contribution is -0.384. The third-order valence-corrected chi connectivity index (χ3v) is 3.27. The highest BCUT2D eigenvalue weighted by Crippen LogP contribution is 2.12. The summed E-state index contributed by atoms with van der Waals surface area (Å²) < 4.78 is 0. The fourth-order valence-corrected chi connectivity index (χ4v) is 2.07. The second kappa shape index (κ2) is 7.84. The van der Waals surface area contributed by atoms with Gasteiger partial charge in [-0.1, -0.05) is 49.4 Å². The van der Waals surface area contributed by atoms with Crippen molar-refractivity contribution in [3.8, 4) is 0 Å². The van der Waals surface area contributed by atoms with Crippen LogP contribution in [0.25, 0.3) is 0 Å². The quantitative estimate of drug-likeness (QED) is 0.505. The van der Waals surface area contributed by atoms with Crippen LogP contribution in [-0.4, -0.2) is 16.5 Å². The van der Waals surface area contributed by atoms with Crippen molar-refractivity contribution in [1.82, 2.24) is 5.43 Å². The van der Waals surface area contributed by atoms with Crippen LogP contribution >= 0.6 is 0 Å². The Labute approximate surface area is 134 Å². The Balaban J connectivity index is 1.98. The molecule has 1 N–H and O–H groups in total. The second-order valence-corrected chi connectivity index (χ2v) is 4.91. The number of nitrogens with zero attached hydrogens (tertiary/aromatic N) is 2. The molecule has 0 aromatic heterocycles. The van der Waals surface area contributed by atoms with Crippen molar-refractivity contribution in [3.05, 3.63) is 75.8 Å². The molecule has 6 nitrogen and oxygen atoms in total. The minimum absolute atomic E-state index is 0.00419. The molecule has 0 unspecified atom stereocenters. The van der Waals surface area contributed by atoms with Crippen LogP contribution in [0.15, 0.2) is 59.7 Å². The molecule has 0 saturated heterocycles. The van der Waals surface area contributed by atoms with Gasteiger partial charge in [-0.15, -0.1) is 0 Å². The molecule has 0 saturated carbocycles. The number of carbonyl (C=O) groups is 1. The number of nitrogens with one attached hydrogen (secondary N) is 1. The number of carbonyl (C=O) groups excluding carboxylic acids is 1. The van der Waals surface area contributed by atoms with E-state index in [0.29, 0.717) is 12.0 Å². The Morgan fingerprint density at radius 2 is 1.78 bits per heavy atom. The van der Waals surface area contributed by atoms with Crippen molar-refractivity contribution in [3.63, 3.8) is 0 Å². The van der Waals surface area contributed by atoms with Crippen molar-refractivity contribution >= 4 is 17.3 Å². The first-order chi connectivity index (χ1) is 11.1. The number of amides is 1. The summed E-state index contributed by atoms with van der Waals surface area (Å²) in [6.45, 7) is 1.97. The Kier molecular flexibility index (Phi) is 5.57. The van der Waals surface area contributed by atoms with Gasteiger partial charge < -0.3 is 0 Å². The van der Waals surface area contributed by atoms with Crippen molar-refractivity contribution in [1.29, 1.82) is 0 Å². The van der Waals surface area contributed by atoms with Gasteiger partial charge in [0.05, 0.1) is 17.1 Å². The van der Waals surface area contributed by atoms with Gasteiger partial charge in [-0.2, -0.15) is 5.10 Å². The first kappa shape index (κ1) is 16.4. The summed E-state index contributed by atoms with van der Waals surface area (Å²) in [7, 11) is 0. The van der Waals surface area contributed by atoms with Crippen molar-refractivity contribution in [2.75, 3.05) is 0 Å². The summed E-state index contributed by atoms with van der Waals surface area (Å²) in [6, 6.07) is 15.5. The predicted octanol–water partition coefficient (Wildman–Crippen LogP) is 3.07. The molecule has 0 radical (unpaired) electrons. The number of hydrazone groups is 1. The molecule has 2 aromatic carbocycles. The van der Waals surface area contributed by atoms with E-state index in [2.05, 4.69) is 10.5 Å². The molecule has 0 heterocycles. The maximum atomic E-state index is 11.9. The van der Waals surface area contributed by atoms with E-state index in [1.807, 2.05) is 37.3 Å². The van der Waals surface area contributed by atoms with E-state index >= 15 is 0 Å². The Hall–Kier alpha value is -3.02. The van der Waals surface area contributed by atoms with Crippen LogP contribution in [0.5, 0.6) is 0 Å². The zero-order valence-corrected chi connectivity index (χ0v) is 12.7. The van der Waals surface area contributed by atoms with Gasteiger partial charge >= 0.3 is 0 Å². The molecular weight excluding hydrogens is 294 g/mol. The lowest BCUT2D eigenvalue weighted by Crippen LogP contribution is -2.21. The maximum absolute atomic E-state index is 11.9. The van der Waals surface area contributed by atoms with E-state index in [1.165, 1.54) is 12.1 Å². The molecule has 6 heteroatoms. The van der Waals surface area contributed by atoms with Gasteiger partial charge in [0, 0.05) is 12.1 Å². The first-order valence-corrected chi connectivity index (χ1v) is 7.24. The number of non-ortho nitro benzene ring substituents is 1. The molecule has 2 aromatic rings. The Morgan fingerprint density at radius 1 is 1.13 bits per heavy atom. The molecule has 2 rings (SSSR count). The summed E-state index contributed by atoms with van der Waals surface area (Å²) in [5, 5.41) is 14.8. The summed E-state index contributed by atoms with van der Waals surface area (Å²) in [6.07, 6.45) is 0.815. The van der Waals surface area contributed by atoms with Gasteiger partial charge in [0.1, 0.15) is 0 Å². The minimum atomic E-state index is -0.471. The van der Waals surface area contributed by atoms with Crippen LogP contribution in [0.2, 0.25) is 0 Å². The van der Waals surface area contributed by atoms with E-state index in [0.717, 1.165) is 11.3 Å². The monoisotopic (exact) mass is 311 g/mol. The van der Waals surface area contributed by atoms with E-state index in [4.69, 9.17) is 0 Å². The predicted molar refractivity (Wildman–Crippen MR) is 88.2 cm³/mol. The zero-order chi connectivity index (χ0) is 16.7. The fourth-order valence-electron chi connectivity index (χ4n) is 2.07. The number of nitro benzene ring substituents is 1. The average Bonchev–Trinajstić information content (AvgIpc) is 2.57. The standard InChI is InChI=1S/C17H17N3O3/c1-2-16(14-6-4-3-5-7-14)18-19-17(21)12-13-8-10-15(11-9-13)20(22)23/h3-11H,2,12H2,1H3,(H,19,21)/b18-16-. The Bertz CT molecular complexity index is 710. The fraction of sp³-hybridized carbons (Fsp3) is 0.176. The van der Waals surface area contributed by atoms with Crippen LogP contribution in [0.3, 0.4) is 0 Å². The number of hydrogen-bond acceptors (Lipinski definition) is 4. The highest BCUT2D eigenvalue weighted by atomic mass is 16.6. The normalized spacial score (nSPS) is 11.1. The highest BCUT2D eigenvalue weighted by Gasteiger charge is 2.07. The second-order valence-electron chi connectivity index (χ2n) is 4.91. The van der Waals surface area contributed by atoms with Gasteiger partial charge in [0.2, 0.25) is 5.91 Å². The molecule has 23 heavy (non-hydrogen) atoms.